The summed E-state index contributed by atoms with van der Waals surface area (Å²) in [7, 11) is -12.4. The van der Waals surface area contributed by atoms with E-state index in [1.165, 1.54) is 0 Å². The molecule has 0 aromatic carbocycles. The maximum Gasteiger partial charge on any atom is 0.455 e. The van der Waals surface area contributed by atoms with Gasteiger partial charge in [0.15, 0.2) is 31.1 Å². The molecule has 0 aliphatic carbocycles. The van der Waals surface area contributed by atoms with E-state index in [1.807, 2.05) is 78.6 Å². The molecule has 7 nitrogen and oxygen atoms in total. The third-order valence-corrected chi connectivity index (χ3v) is 10.8. The van der Waals surface area contributed by atoms with Crippen molar-refractivity contribution in [3.05, 3.63) is 0 Å². The Morgan fingerprint density at radius 1 is 0.741 bits per heavy atom. The minimum atomic E-state index is -3.81. The molecule has 0 saturated carbocycles. The van der Waals surface area contributed by atoms with Crippen molar-refractivity contribution >= 4 is 47.1 Å². The van der Waals surface area contributed by atoms with Gasteiger partial charge in [-0.05, 0) is 78.6 Å². The van der Waals surface area contributed by atoms with Gasteiger partial charge in [-0.15, -0.1) is 0 Å². The first kappa shape index (κ1) is 27.4. The summed E-state index contributed by atoms with van der Waals surface area (Å²) in [6.07, 6.45) is -0.952. The van der Waals surface area contributed by atoms with Crippen LogP contribution in [0.4, 0.5) is 0 Å². The van der Waals surface area contributed by atoms with Gasteiger partial charge in [0.25, 0.3) is 0 Å². The van der Waals surface area contributed by atoms with Gasteiger partial charge in [-0.2, -0.15) is 0 Å². The van der Waals surface area contributed by atoms with Gasteiger partial charge in [0.05, 0.1) is 6.61 Å². The van der Waals surface area contributed by atoms with Crippen molar-refractivity contribution in [2.45, 2.75) is 84.7 Å². The lowest BCUT2D eigenvalue weighted by atomic mass is 10.4. The quantitative estimate of drug-likeness (QED) is 0.292. The molecule has 0 fully saturated rings. The molecule has 0 rings (SSSR count). The number of carbonyl (C=O) groups is 1. The maximum atomic E-state index is 13.2. The zero-order valence-corrected chi connectivity index (χ0v) is 24.0. The topological polar surface area (TPSA) is 80.3 Å². The molecule has 0 N–H and O–H groups in total. The number of hydrogen-bond donors (Lipinski definition) is 0. The van der Waals surface area contributed by atoms with Crippen LogP contribution in [0.15, 0.2) is 0 Å². The normalized spacial score (nSPS) is 15.6. The molecule has 0 heterocycles. The Morgan fingerprint density at radius 2 is 1.15 bits per heavy atom. The molecular weight excluding hydrogens is 435 g/mol. The molecule has 0 aromatic heterocycles. The van der Waals surface area contributed by atoms with Crippen LogP contribution in [-0.2, 0) is 31.2 Å². The SMILES string of the molecule is C[Si](C)(C)OC(=O)C(COP(=O)(O[Si](C)(C)C)O[Si](C)(C)C)O[Si](C)(C)C. The molecule has 0 saturated heterocycles. The van der Waals surface area contributed by atoms with Crippen molar-refractivity contribution < 1.29 is 31.2 Å². The molecule has 162 valence electrons. The highest BCUT2D eigenvalue weighted by Gasteiger charge is 2.40. The van der Waals surface area contributed by atoms with E-state index in [0.717, 1.165) is 0 Å². The fraction of sp³-hybridized carbons (Fsp3) is 0.933. The summed E-state index contributed by atoms with van der Waals surface area (Å²) in [6, 6.07) is 0. The molecule has 0 radical (unpaired) electrons. The second-order valence-corrected chi connectivity index (χ2v) is 30.4. The van der Waals surface area contributed by atoms with Gasteiger partial charge in [0, 0.05) is 0 Å². The molecular formula is C15H39O7PSi4. The Balaban J connectivity index is 5.46. The van der Waals surface area contributed by atoms with Crippen LogP contribution in [0.3, 0.4) is 0 Å². The third kappa shape index (κ3) is 15.0. The molecule has 0 aliphatic heterocycles. The van der Waals surface area contributed by atoms with E-state index in [9.17, 15) is 9.36 Å². The lowest BCUT2D eigenvalue weighted by Gasteiger charge is -2.32. The zero-order chi connectivity index (χ0) is 21.9. The van der Waals surface area contributed by atoms with E-state index >= 15 is 0 Å². The summed E-state index contributed by atoms with van der Waals surface area (Å²) in [6.45, 7) is 22.9. The van der Waals surface area contributed by atoms with Crippen LogP contribution in [0.2, 0.25) is 78.6 Å². The highest BCUT2D eigenvalue weighted by atomic mass is 31.2. The van der Waals surface area contributed by atoms with Gasteiger partial charge in [0.1, 0.15) is 0 Å². The van der Waals surface area contributed by atoms with E-state index in [1.54, 1.807) is 0 Å². The Kier molecular flexibility index (Phi) is 9.62. The molecule has 0 bridgehead atoms. The second kappa shape index (κ2) is 9.48. The van der Waals surface area contributed by atoms with Crippen LogP contribution < -0.4 is 0 Å². The van der Waals surface area contributed by atoms with Gasteiger partial charge in [-0.3, -0.25) is 9.32 Å². The summed E-state index contributed by atoms with van der Waals surface area (Å²) in [4.78, 5) is 12.6. The standard InChI is InChI=1S/C15H39O7PSi4/c1-24(2,3)19-14(15(16)20-25(4,5)6)13-18-23(17,21-26(7,8)9)22-27(10,11)12/h14H,13H2,1-12H3. The number of rotatable bonds is 11. The van der Waals surface area contributed by atoms with Crippen LogP contribution >= 0.6 is 7.82 Å². The first-order valence-electron chi connectivity index (χ1n) is 9.18. The molecule has 0 aliphatic rings. The van der Waals surface area contributed by atoms with E-state index in [0.29, 0.717) is 0 Å². The van der Waals surface area contributed by atoms with Gasteiger partial charge < -0.3 is 17.3 Å². The fourth-order valence-electron chi connectivity index (χ4n) is 1.85. The predicted molar refractivity (Wildman–Crippen MR) is 120 cm³/mol. The van der Waals surface area contributed by atoms with E-state index < -0.39 is 53.2 Å². The van der Waals surface area contributed by atoms with E-state index in [2.05, 4.69) is 0 Å². The van der Waals surface area contributed by atoms with Crippen LogP contribution in [0, 0.1) is 0 Å². The van der Waals surface area contributed by atoms with Crippen molar-refractivity contribution in [1.82, 2.24) is 0 Å². The first-order valence-corrected chi connectivity index (χ1v) is 24.3. The Labute approximate surface area is 169 Å². The fourth-order valence-corrected chi connectivity index (χ4v) is 10.2. The second-order valence-electron chi connectivity index (χ2n) is 10.4. The van der Waals surface area contributed by atoms with Crippen molar-refractivity contribution in [3.63, 3.8) is 0 Å². The van der Waals surface area contributed by atoms with Crippen LogP contribution in [0.5, 0.6) is 0 Å². The summed E-state index contributed by atoms with van der Waals surface area (Å²) >= 11 is 0. The van der Waals surface area contributed by atoms with Crippen molar-refractivity contribution in [2.24, 2.45) is 0 Å². The van der Waals surface area contributed by atoms with Gasteiger partial charge >= 0.3 is 13.8 Å². The monoisotopic (exact) mass is 474 g/mol. The Bertz CT molecular complexity index is 524. The molecule has 1 unspecified atom stereocenters. The largest absolute Gasteiger partial charge is 0.518 e. The average Bonchev–Trinajstić information content (AvgIpc) is 2.25. The Morgan fingerprint density at radius 3 is 1.44 bits per heavy atom. The molecule has 27 heavy (non-hydrogen) atoms. The summed E-state index contributed by atoms with van der Waals surface area (Å²) in [5.74, 6) is -0.482. The van der Waals surface area contributed by atoms with Crippen LogP contribution in [0.1, 0.15) is 0 Å². The molecule has 0 spiro atoms. The maximum absolute atomic E-state index is 13.2. The van der Waals surface area contributed by atoms with E-state index in [4.69, 9.17) is 21.8 Å². The zero-order valence-electron chi connectivity index (χ0n) is 19.1. The van der Waals surface area contributed by atoms with Crippen LogP contribution in [0.25, 0.3) is 0 Å². The molecule has 12 heteroatoms. The lowest BCUT2D eigenvalue weighted by Crippen LogP contribution is -2.44. The molecule has 0 aromatic rings. The summed E-state index contributed by atoms with van der Waals surface area (Å²) in [5, 5.41) is 0. The number of carbonyl (C=O) groups excluding carboxylic acids is 1. The van der Waals surface area contributed by atoms with Crippen molar-refractivity contribution in [2.75, 3.05) is 6.61 Å². The van der Waals surface area contributed by atoms with Gasteiger partial charge in [-0.25, -0.2) is 4.57 Å². The van der Waals surface area contributed by atoms with Crippen molar-refractivity contribution in [3.8, 4) is 0 Å². The van der Waals surface area contributed by atoms with E-state index in [-0.39, 0.29) is 6.61 Å². The average molecular weight is 475 g/mol. The number of hydrogen-bond acceptors (Lipinski definition) is 7. The highest BCUT2D eigenvalue weighted by molar-refractivity contribution is 7.52. The minimum absolute atomic E-state index is 0.222. The predicted octanol–water partition coefficient (Wildman–Crippen LogP) is 5.41. The van der Waals surface area contributed by atoms with Gasteiger partial charge in [-0.1, -0.05) is 0 Å². The molecule has 1 atom stereocenters. The third-order valence-electron chi connectivity index (χ3n) is 2.32. The van der Waals surface area contributed by atoms with Gasteiger partial charge in [0.2, 0.25) is 8.32 Å². The van der Waals surface area contributed by atoms with Crippen molar-refractivity contribution in [1.29, 1.82) is 0 Å². The smallest absolute Gasteiger partial charge is 0.455 e. The summed E-state index contributed by atoms with van der Waals surface area (Å²) in [5.41, 5.74) is 0. The number of phosphoric acid groups is 1. The highest BCUT2D eigenvalue weighted by Crippen LogP contribution is 2.54. The lowest BCUT2D eigenvalue weighted by molar-refractivity contribution is -0.145. The first-order chi connectivity index (χ1) is 11.6. The summed E-state index contributed by atoms with van der Waals surface area (Å²) < 4.78 is 41.9. The Hall–Kier alpha value is 0.408. The minimum Gasteiger partial charge on any atom is -0.518 e. The van der Waals surface area contributed by atoms with Crippen LogP contribution in [-0.4, -0.2) is 51.9 Å². The molecule has 0 amide bonds.